The molecule has 4 nitrogen and oxygen atoms in total. The molecule has 13 heavy (non-hydrogen) atoms. The highest BCUT2D eigenvalue weighted by atomic mass is 16.4. The third-order valence-corrected chi connectivity index (χ3v) is 1.64. The maximum atomic E-state index is 10.6. The van der Waals surface area contributed by atoms with Gasteiger partial charge in [0, 0.05) is 0 Å². The summed E-state index contributed by atoms with van der Waals surface area (Å²) in [6, 6.07) is 4.20. The van der Waals surface area contributed by atoms with Crippen molar-refractivity contribution in [3.8, 4) is 0 Å². The average molecular weight is 178 g/mol. The van der Waals surface area contributed by atoms with Crippen LogP contribution >= 0.6 is 0 Å². The lowest BCUT2D eigenvalue weighted by molar-refractivity contribution is 0.0651. The van der Waals surface area contributed by atoms with Crippen molar-refractivity contribution in [2.45, 2.75) is 0 Å². The van der Waals surface area contributed by atoms with Crippen molar-refractivity contribution < 1.29 is 19.8 Å². The van der Waals surface area contributed by atoms with Crippen LogP contribution in [-0.2, 0) is 0 Å². The molecule has 0 radical (unpaired) electrons. The molecule has 0 fully saturated rings. The van der Waals surface area contributed by atoms with Crippen LogP contribution in [0.1, 0.15) is 20.7 Å². The van der Waals surface area contributed by atoms with Crippen molar-refractivity contribution in [3.63, 3.8) is 0 Å². The molecule has 1 aromatic carbocycles. The summed E-state index contributed by atoms with van der Waals surface area (Å²) in [6.07, 6.45) is 0. The van der Waals surface area contributed by atoms with Gasteiger partial charge in [-0.1, -0.05) is 17.6 Å². The van der Waals surface area contributed by atoms with Crippen LogP contribution in [0.25, 0.3) is 0 Å². The fourth-order valence-electron chi connectivity index (χ4n) is 1.02. The number of carboxylic acid groups (broad SMARTS) is 2. The number of aromatic carboxylic acids is 2. The van der Waals surface area contributed by atoms with Gasteiger partial charge in [-0.05, 0) is 6.07 Å². The van der Waals surface area contributed by atoms with Gasteiger partial charge in [-0.2, -0.15) is 0 Å². The molecule has 0 aliphatic rings. The van der Waals surface area contributed by atoms with Crippen LogP contribution in [0.4, 0.5) is 0 Å². The number of hydrogen-bond acceptors (Lipinski definition) is 2. The van der Waals surface area contributed by atoms with E-state index in [9.17, 15) is 9.59 Å². The van der Waals surface area contributed by atoms with Gasteiger partial charge in [0.2, 0.25) is 0 Å². The molecule has 0 amide bonds. The summed E-state index contributed by atoms with van der Waals surface area (Å²) < 4.78 is 0. The summed E-state index contributed by atoms with van der Waals surface area (Å²) in [7, 11) is 1.71. The zero-order valence-electron chi connectivity index (χ0n) is 6.94. The Kier molecular flexibility index (Phi) is 2.37. The molecular formula is C8H7BO4. The number of carboxylic acids is 2. The maximum absolute atomic E-state index is 10.6. The minimum Gasteiger partial charge on any atom is -0.478 e. The van der Waals surface area contributed by atoms with Gasteiger partial charge in [-0.3, -0.25) is 0 Å². The van der Waals surface area contributed by atoms with Crippen LogP contribution in [0, 0.1) is 0 Å². The van der Waals surface area contributed by atoms with Gasteiger partial charge in [0.25, 0.3) is 0 Å². The molecule has 0 unspecified atom stereocenters. The summed E-state index contributed by atoms with van der Waals surface area (Å²) in [4.78, 5) is 21.2. The lowest BCUT2D eigenvalue weighted by atomic mass is 9.92. The van der Waals surface area contributed by atoms with Crippen molar-refractivity contribution in [2.24, 2.45) is 0 Å². The molecule has 0 aliphatic carbocycles. The van der Waals surface area contributed by atoms with Gasteiger partial charge in [0.15, 0.2) is 0 Å². The second kappa shape index (κ2) is 3.31. The Labute approximate surface area is 75.2 Å². The summed E-state index contributed by atoms with van der Waals surface area (Å²) in [5.74, 6) is -2.45. The Hall–Kier alpha value is -1.78. The predicted molar refractivity (Wildman–Crippen MR) is 48.5 cm³/mol. The van der Waals surface area contributed by atoms with Crippen molar-refractivity contribution in [1.82, 2.24) is 0 Å². The van der Waals surface area contributed by atoms with Gasteiger partial charge in [0.1, 0.15) is 7.85 Å². The second-order valence-corrected chi connectivity index (χ2v) is 2.66. The lowest BCUT2D eigenvalue weighted by Gasteiger charge is -2.01. The highest BCUT2D eigenvalue weighted by Crippen LogP contribution is 2.06. The van der Waals surface area contributed by atoms with E-state index in [0.717, 1.165) is 5.46 Å². The highest BCUT2D eigenvalue weighted by Gasteiger charge is 2.14. The van der Waals surface area contributed by atoms with E-state index >= 15 is 0 Å². The van der Waals surface area contributed by atoms with E-state index < -0.39 is 11.9 Å². The second-order valence-electron chi connectivity index (χ2n) is 2.66. The van der Waals surface area contributed by atoms with E-state index in [1.54, 1.807) is 13.9 Å². The Balaban J connectivity index is 3.35. The molecule has 0 saturated heterocycles. The summed E-state index contributed by atoms with van der Waals surface area (Å²) in [5, 5.41) is 17.3. The van der Waals surface area contributed by atoms with E-state index in [0.29, 0.717) is 0 Å². The zero-order valence-corrected chi connectivity index (χ0v) is 6.94. The standard InChI is InChI=1S/C8H7BO4/c9-4-1-2-5(7(10)11)6(3-4)8(12)13/h1-3H,9H2,(H,10,11)(H,12,13). The topological polar surface area (TPSA) is 74.6 Å². The predicted octanol–water partition coefficient (Wildman–Crippen LogP) is -0.659. The molecule has 0 heterocycles. The van der Waals surface area contributed by atoms with Crippen LogP contribution in [0.3, 0.4) is 0 Å². The molecule has 0 saturated carbocycles. The molecule has 0 spiro atoms. The van der Waals surface area contributed by atoms with Crippen molar-refractivity contribution >= 4 is 25.2 Å². The number of benzene rings is 1. The Morgan fingerprint density at radius 1 is 1.08 bits per heavy atom. The Bertz CT molecular complexity index is 372. The third kappa shape index (κ3) is 1.87. The molecule has 0 aromatic heterocycles. The average Bonchev–Trinajstić information content (AvgIpc) is 2.03. The molecule has 66 valence electrons. The molecule has 0 atom stereocenters. The molecule has 5 heteroatoms. The van der Waals surface area contributed by atoms with Crippen molar-refractivity contribution in [3.05, 3.63) is 29.3 Å². The quantitative estimate of drug-likeness (QED) is 0.589. The Morgan fingerprint density at radius 3 is 2.08 bits per heavy atom. The SMILES string of the molecule is Bc1ccc(C(=O)O)c(C(=O)O)c1. The van der Waals surface area contributed by atoms with Gasteiger partial charge >= 0.3 is 11.9 Å². The third-order valence-electron chi connectivity index (χ3n) is 1.64. The van der Waals surface area contributed by atoms with Crippen molar-refractivity contribution in [1.29, 1.82) is 0 Å². The maximum Gasteiger partial charge on any atom is 0.336 e. The number of hydrogen-bond donors (Lipinski definition) is 2. The molecule has 0 aliphatic heterocycles. The zero-order chi connectivity index (χ0) is 10.0. The first-order valence-electron chi connectivity index (χ1n) is 3.59. The summed E-state index contributed by atoms with van der Waals surface area (Å²) >= 11 is 0. The minimum absolute atomic E-state index is 0.174. The van der Waals surface area contributed by atoms with Gasteiger partial charge < -0.3 is 10.2 Å². The van der Waals surface area contributed by atoms with Crippen molar-refractivity contribution in [2.75, 3.05) is 0 Å². The van der Waals surface area contributed by atoms with Crippen LogP contribution in [-0.4, -0.2) is 30.0 Å². The van der Waals surface area contributed by atoms with Crippen LogP contribution < -0.4 is 5.46 Å². The largest absolute Gasteiger partial charge is 0.478 e. The number of carbonyl (C=O) groups is 2. The Morgan fingerprint density at radius 2 is 1.62 bits per heavy atom. The highest BCUT2D eigenvalue weighted by molar-refractivity contribution is 6.32. The molecule has 1 aromatic rings. The van der Waals surface area contributed by atoms with Crippen LogP contribution in [0.5, 0.6) is 0 Å². The first-order valence-corrected chi connectivity index (χ1v) is 3.59. The van der Waals surface area contributed by atoms with E-state index in [1.807, 2.05) is 0 Å². The molecule has 0 bridgehead atoms. The van der Waals surface area contributed by atoms with Gasteiger partial charge in [0.05, 0.1) is 11.1 Å². The molecule has 2 N–H and O–H groups in total. The van der Waals surface area contributed by atoms with Gasteiger partial charge in [-0.25, -0.2) is 9.59 Å². The van der Waals surface area contributed by atoms with E-state index in [-0.39, 0.29) is 11.1 Å². The fourth-order valence-corrected chi connectivity index (χ4v) is 1.02. The summed E-state index contributed by atoms with van der Waals surface area (Å²) in [5.41, 5.74) is 0.369. The first-order chi connectivity index (χ1) is 6.02. The first kappa shape index (κ1) is 9.31. The number of rotatable bonds is 2. The van der Waals surface area contributed by atoms with E-state index in [1.165, 1.54) is 12.1 Å². The summed E-state index contributed by atoms with van der Waals surface area (Å²) in [6.45, 7) is 0. The molecular weight excluding hydrogens is 171 g/mol. The minimum atomic E-state index is -1.22. The normalized spacial score (nSPS) is 9.54. The van der Waals surface area contributed by atoms with E-state index in [4.69, 9.17) is 10.2 Å². The van der Waals surface area contributed by atoms with Gasteiger partial charge in [-0.15, -0.1) is 0 Å². The monoisotopic (exact) mass is 178 g/mol. The molecule has 1 rings (SSSR count). The van der Waals surface area contributed by atoms with Crippen LogP contribution in [0.15, 0.2) is 18.2 Å². The fraction of sp³-hybridized carbons (Fsp3) is 0. The smallest absolute Gasteiger partial charge is 0.336 e. The lowest BCUT2D eigenvalue weighted by Crippen LogP contribution is -2.13. The van der Waals surface area contributed by atoms with E-state index in [2.05, 4.69) is 0 Å². The van der Waals surface area contributed by atoms with Crippen LogP contribution in [0.2, 0.25) is 0 Å².